The Morgan fingerprint density at radius 2 is 1.91 bits per heavy atom. The highest BCUT2D eigenvalue weighted by atomic mass is 16.5. The summed E-state index contributed by atoms with van der Waals surface area (Å²) < 4.78 is 5.32. The molecule has 0 atom stereocenters. The van der Waals surface area contributed by atoms with Crippen molar-refractivity contribution in [2.24, 2.45) is 5.92 Å². The summed E-state index contributed by atoms with van der Waals surface area (Å²) in [6.45, 7) is 7.32. The third-order valence-electron chi connectivity index (χ3n) is 3.61. The molecule has 23 heavy (non-hydrogen) atoms. The number of nitrogens with zero attached hydrogens (tertiary/aromatic N) is 1. The highest BCUT2D eigenvalue weighted by molar-refractivity contribution is 5.78. The fraction of sp³-hybridized carbons (Fsp3) is 0.556. The van der Waals surface area contributed by atoms with Gasteiger partial charge in [0, 0.05) is 33.0 Å². The number of carbonyl (C=O) groups excluding carboxylic acids is 2. The number of ether oxygens (including phenoxy) is 1. The molecule has 0 bridgehead atoms. The van der Waals surface area contributed by atoms with Gasteiger partial charge in [-0.1, -0.05) is 32.0 Å². The van der Waals surface area contributed by atoms with Crippen molar-refractivity contribution in [1.29, 1.82) is 0 Å². The van der Waals surface area contributed by atoms with Crippen molar-refractivity contribution in [2.45, 2.75) is 33.6 Å². The standard InChI is InChI=1S/C18H28N2O3/c1-14(2)13-19-18(22)10-12-20(15(3)21)11-9-16-7-5-6-8-17(16)23-4/h5-8,14H,9-13H2,1-4H3,(H,19,22). The first-order valence-corrected chi connectivity index (χ1v) is 8.08. The zero-order valence-corrected chi connectivity index (χ0v) is 14.6. The second kappa shape index (κ2) is 9.87. The van der Waals surface area contributed by atoms with Crippen LogP contribution in [0.1, 0.15) is 32.8 Å². The lowest BCUT2D eigenvalue weighted by molar-refractivity contribution is -0.129. The molecule has 1 rings (SSSR count). The summed E-state index contributed by atoms with van der Waals surface area (Å²) in [4.78, 5) is 25.3. The number of amides is 2. The van der Waals surface area contributed by atoms with Crippen molar-refractivity contribution in [3.05, 3.63) is 29.8 Å². The number of hydrogen-bond acceptors (Lipinski definition) is 3. The van der Waals surface area contributed by atoms with Gasteiger partial charge in [-0.2, -0.15) is 0 Å². The average Bonchev–Trinajstić information content (AvgIpc) is 2.52. The minimum Gasteiger partial charge on any atom is -0.496 e. The smallest absolute Gasteiger partial charge is 0.221 e. The molecule has 0 aliphatic rings. The van der Waals surface area contributed by atoms with E-state index in [1.165, 1.54) is 6.92 Å². The summed E-state index contributed by atoms with van der Waals surface area (Å²) in [7, 11) is 1.64. The lowest BCUT2D eigenvalue weighted by atomic mass is 10.1. The van der Waals surface area contributed by atoms with E-state index < -0.39 is 0 Å². The Morgan fingerprint density at radius 3 is 2.52 bits per heavy atom. The number of nitrogens with one attached hydrogen (secondary N) is 1. The summed E-state index contributed by atoms with van der Waals surface area (Å²) in [5.41, 5.74) is 1.06. The van der Waals surface area contributed by atoms with Gasteiger partial charge in [-0.3, -0.25) is 9.59 Å². The lowest BCUT2D eigenvalue weighted by Gasteiger charge is -2.21. The van der Waals surface area contributed by atoms with Gasteiger partial charge in [-0.25, -0.2) is 0 Å². The number of hydrogen-bond donors (Lipinski definition) is 1. The molecule has 128 valence electrons. The van der Waals surface area contributed by atoms with Crippen LogP contribution in [0.3, 0.4) is 0 Å². The molecule has 0 fully saturated rings. The first kappa shape index (κ1) is 19.0. The van der Waals surface area contributed by atoms with E-state index in [2.05, 4.69) is 19.2 Å². The normalized spacial score (nSPS) is 10.5. The van der Waals surface area contributed by atoms with Crippen molar-refractivity contribution < 1.29 is 14.3 Å². The van der Waals surface area contributed by atoms with Gasteiger partial charge in [-0.05, 0) is 24.0 Å². The van der Waals surface area contributed by atoms with Crippen molar-refractivity contribution in [3.8, 4) is 5.75 Å². The van der Waals surface area contributed by atoms with Gasteiger partial charge >= 0.3 is 0 Å². The lowest BCUT2D eigenvalue weighted by Crippen LogP contribution is -2.36. The largest absolute Gasteiger partial charge is 0.496 e. The zero-order valence-electron chi connectivity index (χ0n) is 14.6. The summed E-state index contributed by atoms with van der Waals surface area (Å²) in [6.07, 6.45) is 1.04. The topological polar surface area (TPSA) is 58.6 Å². The molecular weight excluding hydrogens is 292 g/mol. The molecule has 1 aromatic rings. The molecule has 5 heteroatoms. The third-order valence-corrected chi connectivity index (χ3v) is 3.61. The average molecular weight is 320 g/mol. The highest BCUT2D eigenvalue weighted by Crippen LogP contribution is 2.18. The summed E-state index contributed by atoms with van der Waals surface area (Å²) >= 11 is 0. The van der Waals surface area contributed by atoms with Gasteiger partial charge in [0.05, 0.1) is 7.11 Å². The van der Waals surface area contributed by atoms with Crippen LogP contribution in [0.4, 0.5) is 0 Å². The van der Waals surface area contributed by atoms with E-state index in [1.54, 1.807) is 12.0 Å². The maximum atomic E-state index is 11.8. The molecule has 0 saturated carbocycles. The summed E-state index contributed by atoms with van der Waals surface area (Å²) in [6, 6.07) is 7.78. The molecule has 0 radical (unpaired) electrons. The van der Waals surface area contributed by atoms with Gasteiger partial charge < -0.3 is 15.0 Å². The van der Waals surface area contributed by atoms with Gasteiger partial charge in [0.2, 0.25) is 11.8 Å². The van der Waals surface area contributed by atoms with Crippen molar-refractivity contribution in [1.82, 2.24) is 10.2 Å². The SMILES string of the molecule is COc1ccccc1CCN(CCC(=O)NCC(C)C)C(C)=O. The molecule has 1 aromatic carbocycles. The maximum Gasteiger partial charge on any atom is 0.221 e. The minimum absolute atomic E-state index is 0.0118. The molecule has 0 aliphatic carbocycles. The molecule has 0 spiro atoms. The van der Waals surface area contributed by atoms with Crippen LogP contribution in [0, 0.1) is 5.92 Å². The molecule has 2 amide bonds. The van der Waals surface area contributed by atoms with Crippen molar-refractivity contribution in [2.75, 3.05) is 26.7 Å². The Morgan fingerprint density at radius 1 is 1.22 bits per heavy atom. The number of rotatable bonds is 9. The van der Waals surface area contributed by atoms with E-state index >= 15 is 0 Å². The van der Waals surface area contributed by atoms with E-state index in [1.807, 2.05) is 24.3 Å². The Hall–Kier alpha value is -2.04. The summed E-state index contributed by atoms with van der Waals surface area (Å²) in [5, 5.41) is 2.87. The van der Waals surface area contributed by atoms with Crippen LogP contribution in [0.2, 0.25) is 0 Å². The van der Waals surface area contributed by atoms with E-state index in [9.17, 15) is 9.59 Å². The van der Waals surface area contributed by atoms with Crippen LogP contribution >= 0.6 is 0 Å². The number of carbonyl (C=O) groups is 2. The molecule has 5 nitrogen and oxygen atoms in total. The second-order valence-electron chi connectivity index (χ2n) is 6.02. The molecule has 0 unspecified atom stereocenters. The van der Waals surface area contributed by atoms with E-state index in [-0.39, 0.29) is 11.8 Å². The Bertz CT molecular complexity index is 515. The Balaban J connectivity index is 2.49. The van der Waals surface area contributed by atoms with Crippen LogP contribution in [-0.2, 0) is 16.0 Å². The quantitative estimate of drug-likeness (QED) is 0.759. The van der Waals surface area contributed by atoms with Crippen LogP contribution in [0.15, 0.2) is 24.3 Å². The van der Waals surface area contributed by atoms with E-state index in [0.29, 0.717) is 38.4 Å². The first-order valence-electron chi connectivity index (χ1n) is 8.08. The van der Waals surface area contributed by atoms with Gasteiger partial charge in [0.15, 0.2) is 0 Å². The molecule has 0 heterocycles. The van der Waals surface area contributed by atoms with Crippen LogP contribution in [0.5, 0.6) is 5.75 Å². The molecule has 0 aliphatic heterocycles. The highest BCUT2D eigenvalue weighted by Gasteiger charge is 2.12. The fourth-order valence-electron chi connectivity index (χ4n) is 2.23. The Kier molecular flexibility index (Phi) is 8.16. The monoisotopic (exact) mass is 320 g/mol. The number of methoxy groups -OCH3 is 1. The van der Waals surface area contributed by atoms with Gasteiger partial charge in [0.25, 0.3) is 0 Å². The van der Waals surface area contributed by atoms with Crippen molar-refractivity contribution in [3.63, 3.8) is 0 Å². The fourth-order valence-corrected chi connectivity index (χ4v) is 2.23. The van der Waals surface area contributed by atoms with E-state index in [4.69, 9.17) is 4.74 Å². The number of benzene rings is 1. The maximum absolute atomic E-state index is 11.8. The zero-order chi connectivity index (χ0) is 17.2. The molecular formula is C18H28N2O3. The summed E-state index contributed by atoms with van der Waals surface area (Å²) in [5.74, 6) is 1.22. The first-order chi connectivity index (χ1) is 10.9. The minimum atomic E-state index is -0.0171. The molecule has 1 N–H and O–H groups in total. The Labute approximate surface area is 139 Å². The van der Waals surface area contributed by atoms with E-state index in [0.717, 1.165) is 11.3 Å². The van der Waals surface area contributed by atoms with Crippen LogP contribution in [0.25, 0.3) is 0 Å². The molecule has 0 saturated heterocycles. The van der Waals surface area contributed by atoms with Crippen molar-refractivity contribution >= 4 is 11.8 Å². The van der Waals surface area contributed by atoms with Gasteiger partial charge in [-0.15, -0.1) is 0 Å². The van der Waals surface area contributed by atoms with Crippen LogP contribution in [-0.4, -0.2) is 43.5 Å². The van der Waals surface area contributed by atoms with Crippen LogP contribution < -0.4 is 10.1 Å². The third kappa shape index (κ3) is 7.17. The molecule has 0 aromatic heterocycles. The van der Waals surface area contributed by atoms with Gasteiger partial charge in [0.1, 0.15) is 5.75 Å². The predicted molar refractivity (Wildman–Crippen MR) is 91.4 cm³/mol. The predicted octanol–water partition coefficient (Wildman–Crippen LogP) is 2.25. The number of para-hydroxylation sites is 1. The second-order valence-corrected chi connectivity index (χ2v) is 6.02.